The number of aromatic nitrogens is 1. The molecule has 1 N–H and O–H groups in total. The molecule has 1 amide bonds. The summed E-state index contributed by atoms with van der Waals surface area (Å²) >= 11 is 1.81. The van der Waals surface area contributed by atoms with E-state index in [2.05, 4.69) is 24.1 Å². The Balaban J connectivity index is 2.03. The van der Waals surface area contributed by atoms with Crippen molar-refractivity contribution in [3.63, 3.8) is 0 Å². The van der Waals surface area contributed by atoms with Crippen LogP contribution in [0.5, 0.6) is 0 Å². The molecule has 2 rings (SSSR count). The fourth-order valence-electron chi connectivity index (χ4n) is 2.86. The minimum Gasteiger partial charge on any atom is -0.325 e. The lowest BCUT2D eigenvalue weighted by atomic mass is 10.1. The number of hydrogen-bond donors (Lipinski definition) is 1. The summed E-state index contributed by atoms with van der Waals surface area (Å²) in [5, 5.41) is 5.31. The average Bonchev–Trinajstić information content (AvgIpc) is 2.64. The standard InChI is InChI=1S/C21H30N2OS/c1-3-5-7-8-12-20(25-15-6-4-2)21(24)23-19-11-9-10-17-16-22-14-13-18(17)19/h9-11,13-14,16,20H,3-8,12,15H2,1-2H3,(H,23,24). The molecule has 0 aliphatic carbocycles. The summed E-state index contributed by atoms with van der Waals surface area (Å²) < 4.78 is 0. The van der Waals surface area contributed by atoms with Crippen molar-refractivity contribution in [2.45, 2.75) is 64.0 Å². The molecule has 0 aliphatic heterocycles. The van der Waals surface area contributed by atoms with E-state index in [9.17, 15) is 4.79 Å². The maximum Gasteiger partial charge on any atom is 0.237 e. The number of fused-ring (bicyclic) bond motifs is 1. The topological polar surface area (TPSA) is 42.0 Å². The Bertz CT molecular complexity index is 654. The SMILES string of the molecule is CCCCCCC(SCCCC)C(=O)Nc1cccc2cnccc12. The largest absolute Gasteiger partial charge is 0.325 e. The van der Waals surface area contributed by atoms with Crippen molar-refractivity contribution in [3.05, 3.63) is 36.7 Å². The first-order valence-corrected chi connectivity index (χ1v) is 10.6. The minimum absolute atomic E-state index is 0.0421. The number of amides is 1. The van der Waals surface area contributed by atoms with Crippen LogP contribution >= 0.6 is 11.8 Å². The van der Waals surface area contributed by atoms with E-state index in [0.29, 0.717) is 0 Å². The highest BCUT2D eigenvalue weighted by Crippen LogP contribution is 2.25. The van der Waals surface area contributed by atoms with Crippen LogP contribution < -0.4 is 5.32 Å². The van der Waals surface area contributed by atoms with Gasteiger partial charge in [0.2, 0.25) is 5.91 Å². The van der Waals surface area contributed by atoms with E-state index >= 15 is 0 Å². The van der Waals surface area contributed by atoms with Crippen molar-refractivity contribution in [1.82, 2.24) is 4.98 Å². The number of anilines is 1. The fraction of sp³-hybridized carbons (Fsp3) is 0.524. The van der Waals surface area contributed by atoms with Gasteiger partial charge in [-0.3, -0.25) is 9.78 Å². The van der Waals surface area contributed by atoms with Crippen LogP contribution in [0.4, 0.5) is 5.69 Å². The minimum atomic E-state index is 0.0421. The second-order valence-corrected chi connectivity index (χ2v) is 7.76. The van der Waals surface area contributed by atoms with E-state index in [0.717, 1.165) is 35.1 Å². The third-order valence-corrected chi connectivity index (χ3v) is 5.74. The Morgan fingerprint density at radius 1 is 1.12 bits per heavy atom. The molecular formula is C21H30N2OS. The van der Waals surface area contributed by atoms with Gasteiger partial charge in [-0.1, -0.05) is 58.1 Å². The molecule has 136 valence electrons. The van der Waals surface area contributed by atoms with Crippen LogP contribution in [-0.2, 0) is 4.79 Å². The third kappa shape index (κ3) is 6.35. The van der Waals surface area contributed by atoms with Gasteiger partial charge in [0.05, 0.1) is 5.25 Å². The maximum atomic E-state index is 12.9. The fourth-order valence-corrected chi connectivity index (χ4v) is 4.14. The molecule has 0 radical (unpaired) electrons. The van der Waals surface area contributed by atoms with Crippen LogP contribution in [0.1, 0.15) is 58.8 Å². The number of unbranched alkanes of at least 4 members (excludes halogenated alkanes) is 4. The molecule has 0 fully saturated rings. The summed E-state index contributed by atoms with van der Waals surface area (Å²) in [6.45, 7) is 4.41. The van der Waals surface area contributed by atoms with Crippen LogP contribution in [0.3, 0.4) is 0 Å². The number of pyridine rings is 1. The zero-order chi connectivity index (χ0) is 17.9. The number of thioether (sulfide) groups is 1. The Morgan fingerprint density at radius 2 is 1.96 bits per heavy atom. The van der Waals surface area contributed by atoms with Gasteiger partial charge in [-0.05, 0) is 30.7 Å². The predicted molar refractivity (Wildman–Crippen MR) is 110 cm³/mol. The highest BCUT2D eigenvalue weighted by Gasteiger charge is 2.19. The van der Waals surface area contributed by atoms with Crippen molar-refractivity contribution in [2.24, 2.45) is 0 Å². The summed E-state index contributed by atoms with van der Waals surface area (Å²) in [5.74, 6) is 1.20. The Hall–Kier alpha value is -1.55. The molecule has 0 saturated carbocycles. The number of carbonyl (C=O) groups is 1. The number of carbonyl (C=O) groups excluding carboxylic acids is 1. The lowest BCUT2D eigenvalue weighted by molar-refractivity contribution is -0.115. The second-order valence-electron chi connectivity index (χ2n) is 6.45. The van der Waals surface area contributed by atoms with Gasteiger partial charge >= 0.3 is 0 Å². The van der Waals surface area contributed by atoms with Crippen molar-refractivity contribution in [1.29, 1.82) is 0 Å². The van der Waals surface area contributed by atoms with E-state index in [1.807, 2.05) is 42.2 Å². The number of benzene rings is 1. The summed E-state index contributed by atoms with van der Waals surface area (Å²) in [4.78, 5) is 17.0. The molecule has 0 spiro atoms. The van der Waals surface area contributed by atoms with Crippen molar-refractivity contribution in [3.8, 4) is 0 Å². The van der Waals surface area contributed by atoms with E-state index in [1.54, 1.807) is 6.20 Å². The quantitative estimate of drug-likeness (QED) is 0.497. The highest BCUT2D eigenvalue weighted by molar-refractivity contribution is 8.00. The molecular weight excluding hydrogens is 328 g/mol. The van der Waals surface area contributed by atoms with E-state index < -0.39 is 0 Å². The smallest absolute Gasteiger partial charge is 0.237 e. The molecule has 1 heterocycles. The first kappa shape index (κ1) is 19.8. The van der Waals surface area contributed by atoms with Gasteiger partial charge in [0, 0.05) is 28.9 Å². The van der Waals surface area contributed by atoms with Crippen molar-refractivity contribution in [2.75, 3.05) is 11.1 Å². The van der Waals surface area contributed by atoms with Crippen LogP contribution in [-0.4, -0.2) is 21.9 Å². The summed E-state index contributed by atoms with van der Waals surface area (Å²) in [6, 6.07) is 7.94. The number of hydrogen-bond acceptors (Lipinski definition) is 3. The zero-order valence-corrected chi connectivity index (χ0v) is 16.3. The molecule has 0 aliphatic rings. The number of nitrogens with one attached hydrogen (secondary N) is 1. The van der Waals surface area contributed by atoms with Crippen LogP contribution in [0.15, 0.2) is 36.7 Å². The van der Waals surface area contributed by atoms with Crippen LogP contribution in [0.2, 0.25) is 0 Å². The molecule has 0 bridgehead atoms. The first-order chi connectivity index (χ1) is 12.3. The van der Waals surface area contributed by atoms with Crippen molar-refractivity contribution < 1.29 is 4.79 Å². The zero-order valence-electron chi connectivity index (χ0n) is 15.5. The Morgan fingerprint density at radius 3 is 2.76 bits per heavy atom. The monoisotopic (exact) mass is 358 g/mol. The predicted octanol–water partition coefficient (Wildman–Crippen LogP) is 6.05. The molecule has 1 unspecified atom stereocenters. The highest BCUT2D eigenvalue weighted by atomic mass is 32.2. The molecule has 1 atom stereocenters. The lowest BCUT2D eigenvalue weighted by Gasteiger charge is -2.17. The van der Waals surface area contributed by atoms with Crippen LogP contribution in [0, 0.1) is 0 Å². The van der Waals surface area contributed by atoms with E-state index in [4.69, 9.17) is 0 Å². The van der Waals surface area contributed by atoms with Gasteiger partial charge in [0.25, 0.3) is 0 Å². The third-order valence-electron chi connectivity index (χ3n) is 4.37. The second kappa shape index (κ2) is 11.1. The van der Waals surface area contributed by atoms with Gasteiger partial charge < -0.3 is 5.32 Å². The first-order valence-electron chi connectivity index (χ1n) is 9.51. The maximum absolute atomic E-state index is 12.9. The molecule has 1 aromatic carbocycles. The molecule has 0 saturated heterocycles. The molecule has 4 heteroatoms. The van der Waals surface area contributed by atoms with E-state index in [1.165, 1.54) is 32.1 Å². The summed E-state index contributed by atoms with van der Waals surface area (Å²) in [6.07, 6.45) is 11.7. The Kier molecular flexibility index (Phi) is 8.81. The van der Waals surface area contributed by atoms with Gasteiger partial charge in [-0.25, -0.2) is 0 Å². The Labute approximate surface area is 156 Å². The van der Waals surface area contributed by atoms with E-state index in [-0.39, 0.29) is 11.2 Å². The molecule has 1 aromatic heterocycles. The number of rotatable bonds is 11. The van der Waals surface area contributed by atoms with Gasteiger partial charge in [-0.2, -0.15) is 0 Å². The molecule has 2 aromatic rings. The van der Waals surface area contributed by atoms with Crippen molar-refractivity contribution >= 4 is 34.1 Å². The molecule has 25 heavy (non-hydrogen) atoms. The number of nitrogens with zero attached hydrogens (tertiary/aromatic N) is 1. The summed E-state index contributed by atoms with van der Waals surface area (Å²) in [7, 11) is 0. The van der Waals surface area contributed by atoms with Gasteiger partial charge in [0.1, 0.15) is 0 Å². The molecule has 3 nitrogen and oxygen atoms in total. The lowest BCUT2D eigenvalue weighted by Crippen LogP contribution is -2.25. The summed E-state index contributed by atoms with van der Waals surface area (Å²) in [5.41, 5.74) is 0.888. The average molecular weight is 359 g/mol. The van der Waals surface area contributed by atoms with Crippen LogP contribution in [0.25, 0.3) is 10.8 Å². The van der Waals surface area contributed by atoms with Gasteiger partial charge in [-0.15, -0.1) is 11.8 Å². The van der Waals surface area contributed by atoms with Gasteiger partial charge in [0.15, 0.2) is 0 Å². The normalized spacial score (nSPS) is 12.2.